The van der Waals surface area contributed by atoms with Gasteiger partial charge in [0.05, 0.1) is 25.7 Å². The van der Waals surface area contributed by atoms with Crippen molar-refractivity contribution in [2.24, 2.45) is 13.0 Å². The number of sulfonamides is 1. The Morgan fingerprint density at radius 3 is 2.62 bits per heavy atom. The third kappa shape index (κ3) is 4.65. The van der Waals surface area contributed by atoms with Crippen molar-refractivity contribution >= 4 is 10.0 Å². The molecular weight excluding hydrogens is 428 g/mol. The first kappa shape index (κ1) is 23.1. The molecule has 176 valence electrons. The van der Waals surface area contributed by atoms with Crippen LogP contribution in [0.2, 0.25) is 0 Å². The molecule has 0 saturated carbocycles. The summed E-state index contributed by atoms with van der Waals surface area (Å²) in [4.78, 5) is 2.45. The van der Waals surface area contributed by atoms with E-state index in [2.05, 4.69) is 15.7 Å². The van der Waals surface area contributed by atoms with E-state index in [0.717, 1.165) is 37.2 Å². The summed E-state index contributed by atoms with van der Waals surface area (Å²) in [5.74, 6) is 2.52. The number of methoxy groups -OCH3 is 2. The molecule has 9 heteroatoms. The first-order valence-electron chi connectivity index (χ1n) is 11.3. The van der Waals surface area contributed by atoms with Gasteiger partial charge in [0.15, 0.2) is 11.5 Å². The number of piperidine rings is 3. The highest BCUT2D eigenvalue weighted by Gasteiger charge is 2.42. The van der Waals surface area contributed by atoms with Crippen molar-refractivity contribution in [1.29, 1.82) is 0 Å². The Hall–Kier alpha value is -2.10. The SMILES string of the molecule is CCCS(=O)(=O)NC[C@H]1C[C@H]2CCN1C[C@@H]2c1cc(-c2ccc(OC)c(OC)c2)nn1C. The van der Waals surface area contributed by atoms with E-state index in [4.69, 9.17) is 14.6 Å². The Kier molecular flexibility index (Phi) is 6.78. The summed E-state index contributed by atoms with van der Waals surface area (Å²) in [6, 6.07) is 8.32. The van der Waals surface area contributed by atoms with Gasteiger partial charge in [-0.1, -0.05) is 6.92 Å². The molecule has 1 aromatic heterocycles. The van der Waals surface area contributed by atoms with E-state index in [1.54, 1.807) is 14.2 Å². The van der Waals surface area contributed by atoms with Crippen LogP contribution in [0.15, 0.2) is 24.3 Å². The normalized spacial score (nSPS) is 25.1. The van der Waals surface area contributed by atoms with Crippen molar-refractivity contribution in [3.05, 3.63) is 30.0 Å². The summed E-state index contributed by atoms with van der Waals surface area (Å²) >= 11 is 0. The van der Waals surface area contributed by atoms with Crippen LogP contribution in [0, 0.1) is 5.92 Å². The van der Waals surface area contributed by atoms with E-state index in [-0.39, 0.29) is 11.8 Å². The van der Waals surface area contributed by atoms with Crippen molar-refractivity contribution in [2.45, 2.75) is 38.1 Å². The second-order valence-corrected chi connectivity index (χ2v) is 10.8. The first-order valence-corrected chi connectivity index (χ1v) is 13.0. The molecule has 1 unspecified atom stereocenters. The van der Waals surface area contributed by atoms with Gasteiger partial charge in [-0.15, -0.1) is 0 Å². The number of fused-ring (bicyclic) bond motifs is 3. The van der Waals surface area contributed by atoms with Gasteiger partial charge in [-0.3, -0.25) is 9.58 Å². The maximum atomic E-state index is 12.1. The number of aryl methyl sites for hydroxylation is 1. The van der Waals surface area contributed by atoms with Crippen molar-refractivity contribution in [3.63, 3.8) is 0 Å². The Balaban J connectivity index is 1.49. The Bertz CT molecular complexity index is 1050. The van der Waals surface area contributed by atoms with Gasteiger partial charge in [0.1, 0.15) is 0 Å². The van der Waals surface area contributed by atoms with Crippen LogP contribution >= 0.6 is 0 Å². The number of hydrogen-bond donors (Lipinski definition) is 1. The van der Waals surface area contributed by atoms with Crippen molar-refractivity contribution in [3.8, 4) is 22.8 Å². The van der Waals surface area contributed by atoms with E-state index in [0.29, 0.717) is 36.3 Å². The topological polar surface area (TPSA) is 85.7 Å². The van der Waals surface area contributed by atoms with Gasteiger partial charge in [0, 0.05) is 43.4 Å². The number of nitrogens with zero attached hydrogens (tertiary/aromatic N) is 3. The Morgan fingerprint density at radius 2 is 1.97 bits per heavy atom. The molecule has 0 aliphatic carbocycles. The minimum Gasteiger partial charge on any atom is -0.493 e. The minimum absolute atomic E-state index is 0.194. The highest BCUT2D eigenvalue weighted by molar-refractivity contribution is 7.89. The summed E-state index contributed by atoms with van der Waals surface area (Å²) in [6.07, 6.45) is 2.78. The van der Waals surface area contributed by atoms with E-state index in [1.807, 2.05) is 36.9 Å². The van der Waals surface area contributed by atoms with Gasteiger partial charge < -0.3 is 9.47 Å². The van der Waals surface area contributed by atoms with Crippen LogP contribution in [0.5, 0.6) is 11.5 Å². The Morgan fingerprint density at radius 1 is 1.19 bits per heavy atom. The quantitative estimate of drug-likeness (QED) is 0.617. The van der Waals surface area contributed by atoms with E-state index in [1.165, 1.54) is 5.69 Å². The smallest absolute Gasteiger partial charge is 0.211 e. The molecule has 2 aromatic rings. The summed E-state index contributed by atoms with van der Waals surface area (Å²) in [5.41, 5.74) is 3.15. The minimum atomic E-state index is -3.17. The highest BCUT2D eigenvalue weighted by atomic mass is 32.2. The lowest BCUT2D eigenvalue weighted by molar-refractivity contribution is 0.0306. The average molecular weight is 463 g/mol. The second-order valence-electron chi connectivity index (χ2n) is 8.85. The van der Waals surface area contributed by atoms with Crippen LogP contribution in [0.4, 0.5) is 0 Å². The molecule has 4 atom stereocenters. The lowest BCUT2D eigenvalue weighted by Gasteiger charge is -2.49. The molecule has 1 aromatic carbocycles. The average Bonchev–Trinajstić information content (AvgIpc) is 3.19. The number of rotatable bonds is 9. The van der Waals surface area contributed by atoms with Gasteiger partial charge in [-0.2, -0.15) is 5.10 Å². The lowest BCUT2D eigenvalue weighted by atomic mass is 9.74. The molecule has 0 spiro atoms. The van der Waals surface area contributed by atoms with Crippen LogP contribution in [-0.2, 0) is 17.1 Å². The zero-order chi connectivity index (χ0) is 22.9. The first-order chi connectivity index (χ1) is 15.3. The molecule has 4 heterocycles. The maximum Gasteiger partial charge on any atom is 0.211 e. The predicted molar refractivity (Wildman–Crippen MR) is 125 cm³/mol. The number of benzene rings is 1. The lowest BCUT2D eigenvalue weighted by Crippen LogP contribution is -2.56. The summed E-state index contributed by atoms with van der Waals surface area (Å²) in [6.45, 7) is 4.37. The molecule has 8 nitrogen and oxygen atoms in total. The van der Waals surface area contributed by atoms with Gasteiger partial charge >= 0.3 is 0 Å². The van der Waals surface area contributed by atoms with Crippen molar-refractivity contribution in [2.75, 3.05) is 39.6 Å². The van der Waals surface area contributed by atoms with Gasteiger partial charge in [-0.05, 0) is 56.0 Å². The molecular formula is C23H34N4O4S. The maximum absolute atomic E-state index is 12.1. The molecule has 2 bridgehead atoms. The standard InChI is InChI=1S/C23H34N4O4S/c1-5-10-32(28,29)24-14-18-11-16-8-9-27(18)15-19(16)21-13-20(25-26(21)2)17-6-7-22(30-3)23(12-17)31-4/h6-7,12-13,16,18-19,24H,5,8-11,14-15H2,1-4H3/t16-,18-,19+/m1/s1. The molecule has 3 saturated heterocycles. The fourth-order valence-electron chi connectivity index (χ4n) is 5.21. The molecule has 0 amide bonds. The molecule has 3 fully saturated rings. The summed E-state index contributed by atoms with van der Waals surface area (Å²) in [5, 5.41) is 4.79. The monoisotopic (exact) mass is 462 g/mol. The van der Waals surface area contributed by atoms with Crippen LogP contribution in [0.1, 0.15) is 37.8 Å². The third-order valence-electron chi connectivity index (χ3n) is 6.87. The molecule has 1 N–H and O–H groups in total. The van der Waals surface area contributed by atoms with Crippen LogP contribution in [-0.4, -0.2) is 68.7 Å². The molecule has 32 heavy (non-hydrogen) atoms. The second kappa shape index (κ2) is 9.41. The fraction of sp³-hybridized carbons (Fsp3) is 0.609. The van der Waals surface area contributed by atoms with Gasteiger partial charge in [0.2, 0.25) is 10.0 Å². The number of nitrogens with one attached hydrogen (secondary N) is 1. The fourth-order valence-corrected chi connectivity index (χ4v) is 6.34. The zero-order valence-electron chi connectivity index (χ0n) is 19.4. The number of hydrogen-bond acceptors (Lipinski definition) is 6. The van der Waals surface area contributed by atoms with E-state index < -0.39 is 10.0 Å². The number of aromatic nitrogens is 2. The van der Waals surface area contributed by atoms with Crippen LogP contribution in [0.3, 0.4) is 0 Å². The predicted octanol–water partition coefficient (Wildman–Crippen LogP) is 2.61. The zero-order valence-corrected chi connectivity index (χ0v) is 20.2. The molecule has 0 radical (unpaired) electrons. The Labute approximate surface area is 190 Å². The highest BCUT2D eigenvalue weighted by Crippen LogP contribution is 2.42. The van der Waals surface area contributed by atoms with Crippen LogP contribution in [0.25, 0.3) is 11.3 Å². The van der Waals surface area contributed by atoms with Gasteiger partial charge in [-0.25, -0.2) is 13.1 Å². The molecule has 5 rings (SSSR count). The molecule has 3 aliphatic rings. The van der Waals surface area contributed by atoms with Crippen molar-refractivity contribution < 1.29 is 17.9 Å². The number of ether oxygens (including phenoxy) is 2. The van der Waals surface area contributed by atoms with Crippen molar-refractivity contribution in [1.82, 2.24) is 19.4 Å². The summed E-state index contributed by atoms with van der Waals surface area (Å²) in [7, 11) is 2.11. The van der Waals surface area contributed by atoms with E-state index >= 15 is 0 Å². The summed E-state index contributed by atoms with van der Waals surface area (Å²) < 4.78 is 39.8. The molecule has 3 aliphatic heterocycles. The third-order valence-corrected chi connectivity index (χ3v) is 8.42. The van der Waals surface area contributed by atoms with E-state index in [9.17, 15) is 8.42 Å². The van der Waals surface area contributed by atoms with Gasteiger partial charge in [0.25, 0.3) is 0 Å². The van der Waals surface area contributed by atoms with Crippen LogP contribution < -0.4 is 14.2 Å². The largest absolute Gasteiger partial charge is 0.493 e.